The van der Waals surface area contributed by atoms with E-state index < -0.39 is 0 Å². The molecule has 0 aromatic heterocycles. The third kappa shape index (κ3) is 3.56. The van der Waals surface area contributed by atoms with Crippen molar-refractivity contribution in [2.24, 2.45) is 5.92 Å². The Balaban J connectivity index is 1.86. The van der Waals surface area contributed by atoms with Gasteiger partial charge in [-0.05, 0) is 50.4 Å². The van der Waals surface area contributed by atoms with E-state index in [-0.39, 0.29) is 5.91 Å². The molecule has 1 atom stereocenters. The molecule has 0 radical (unpaired) electrons. The lowest BCUT2D eigenvalue weighted by molar-refractivity contribution is -0.117. The van der Waals surface area contributed by atoms with Crippen molar-refractivity contribution in [1.29, 1.82) is 0 Å². The van der Waals surface area contributed by atoms with Crippen molar-refractivity contribution in [3.8, 4) is 0 Å². The van der Waals surface area contributed by atoms with Crippen molar-refractivity contribution in [2.45, 2.75) is 26.2 Å². The molecular formula is C14H20N2O. The molecule has 17 heavy (non-hydrogen) atoms. The Morgan fingerprint density at radius 3 is 3.00 bits per heavy atom. The number of anilines is 1. The van der Waals surface area contributed by atoms with Crippen LogP contribution in [0.25, 0.3) is 0 Å². The lowest BCUT2D eigenvalue weighted by atomic mass is 9.96. The molecule has 3 nitrogen and oxygen atoms in total. The van der Waals surface area contributed by atoms with Gasteiger partial charge in [0.2, 0.25) is 5.91 Å². The summed E-state index contributed by atoms with van der Waals surface area (Å²) in [4.78, 5) is 11.9. The van der Waals surface area contributed by atoms with Crippen LogP contribution in [0.3, 0.4) is 0 Å². The maximum atomic E-state index is 11.9. The van der Waals surface area contributed by atoms with Crippen LogP contribution in [0.1, 0.15) is 24.8 Å². The van der Waals surface area contributed by atoms with E-state index in [4.69, 9.17) is 0 Å². The largest absolute Gasteiger partial charge is 0.326 e. The molecule has 1 aliphatic heterocycles. The molecule has 2 rings (SSSR count). The summed E-state index contributed by atoms with van der Waals surface area (Å²) in [5.41, 5.74) is 2.05. The lowest BCUT2D eigenvalue weighted by Crippen LogP contribution is -2.32. The van der Waals surface area contributed by atoms with Gasteiger partial charge in [-0.3, -0.25) is 4.79 Å². The van der Waals surface area contributed by atoms with Gasteiger partial charge in [-0.2, -0.15) is 0 Å². The summed E-state index contributed by atoms with van der Waals surface area (Å²) in [7, 11) is 0. The van der Waals surface area contributed by atoms with Gasteiger partial charge < -0.3 is 10.6 Å². The Kier molecular flexibility index (Phi) is 4.15. The predicted octanol–water partition coefficient (Wildman–Crippen LogP) is 2.32. The molecule has 2 N–H and O–H groups in total. The van der Waals surface area contributed by atoms with Crippen LogP contribution in [0.2, 0.25) is 0 Å². The van der Waals surface area contributed by atoms with Crippen molar-refractivity contribution in [2.75, 3.05) is 18.4 Å². The number of rotatable bonds is 3. The SMILES string of the molecule is Cc1ccccc1NC(=O)CC1CCCNC1. The Bertz CT molecular complexity index is 384. The third-order valence-electron chi connectivity index (χ3n) is 3.29. The van der Waals surface area contributed by atoms with E-state index >= 15 is 0 Å². The van der Waals surface area contributed by atoms with Gasteiger partial charge >= 0.3 is 0 Å². The molecule has 1 amide bonds. The van der Waals surface area contributed by atoms with Gasteiger partial charge in [0.05, 0.1) is 0 Å². The number of hydrogen-bond donors (Lipinski definition) is 2. The highest BCUT2D eigenvalue weighted by molar-refractivity contribution is 5.91. The molecule has 0 saturated carbocycles. The quantitative estimate of drug-likeness (QED) is 0.839. The first-order valence-electron chi connectivity index (χ1n) is 6.32. The highest BCUT2D eigenvalue weighted by Crippen LogP contribution is 2.17. The second-order valence-corrected chi connectivity index (χ2v) is 4.78. The Labute approximate surface area is 103 Å². The van der Waals surface area contributed by atoms with E-state index in [1.165, 1.54) is 6.42 Å². The fourth-order valence-corrected chi connectivity index (χ4v) is 2.27. The van der Waals surface area contributed by atoms with Crippen molar-refractivity contribution < 1.29 is 4.79 Å². The summed E-state index contributed by atoms with van der Waals surface area (Å²) in [5.74, 6) is 0.626. The number of carbonyl (C=O) groups excluding carboxylic acids is 1. The maximum absolute atomic E-state index is 11.9. The Morgan fingerprint density at radius 1 is 1.47 bits per heavy atom. The van der Waals surface area contributed by atoms with Crippen LogP contribution in [0, 0.1) is 12.8 Å². The second kappa shape index (κ2) is 5.82. The number of piperidine rings is 1. The van der Waals surface area contributed by atoms with Crippen LogP contribution >= 0.6 is 0 Å². The molecule has 1 fully saturated rings. The summed E-state index contributed by atoms with van der Waals surface area (Å²) in [5, 5.41) is 6.33. The standard InChI is InChI=1S/C14H20N2O/c1-11-5-2-3-7-13(11)16-14(17)9-12-6-4-8-15-10-12/h2-3,5,7,12,15H,4,6,8-10H2,1H3,(H,16,17). The molecule has 0 spiro atoms. The zero-order chi connectivity index (χ0) is 12.1. The summed E-state index contributed by atoms with van der Waals surface area (Å²) in [6, 6.07) is 7.89. The van der Waals surface area contributed by atoms with Crippen molar-refractivity contribution in [1.82, 2.24) is 5.32 Å². The monoisotopic (exact) mass is 232 g/mol. The van der Waals surface area contributed by atoms with E-state index in [1.807, 2.05) is 31.2 Å². The summed E-state index contributed by atoms with van der Waals surface area (Å²) in [6.45, 7) is 4.08. The minimum absolute atomic E-state index is 0.132. The van der Waals surface area contributed by atoms with Gasteiger partial charge in [0.25, 0.3) is 0 Å². The first-order chi connectivity index (χ1) is 8.25. The van der Waals surface area contributed by atoms with Gasteiger partial charge in [0.15, 0.2) is 0 Å². The summed E-state index contributed by atoms with van der Waals surface area (Å²) >= 11 is 0. The fraction of sp³-hybridized carbons (Fsp3) is 0.500. The summed E-state index contributed by atoms with van der Waals surface area (Å²) < 4.78 is 0. The first-order valence-corrected chi connectivity index (χ1v) is 6.32. The zero-order valence-corrected chi connectivity index (χ0v) is 10.3. The van der Waals surface area contributed by atoms with Crippen LogP contribution in [-0.2, 0) is 4.79 Å². The van der Waals surface area contributed by atoms with Crippen molar-refractivity contribution in [3.05, 3.63) is 29.8 Å². The van der Waals surface area contributed by atoms with Gasteiger partial charge in [-0.25, -0.2) is 0 Å². The normalized spacial score (nSPS) is 19.9. The molecule has 1 saturated heterocycles. The molecule has 1 aliphatic rings. The van der Waals surface area contributed by atoms with Gasteiger partial charge in [0.1, 0.15) is 0 Å². The zero-order valence-electron chi connectivity index (χ0n) is 10.3. The first kappa shape index (κ1) is 12.1. The average Bonchev–Trinajstić information content (AvgIpc) is 2.33. The molecular weight excluding hydrogens is 212 g/mol. The van der Waals surface area contributed by atoms with Crippen molar-refractivity contribution >= 4 is 11.6 Å². The van der Waals surface area contributed by atoms with E-state index in [2.05, 4.69) is 10.6 Å². The predicted molar refractivity (Wildman–Crippen MR) is 70.0 cm³/mol. The van der Waals surface area contributed by atoms with Crippen LogP contribution in [-0.4, -0.2) is 19.0 Å². The smallest absolute Gasteiger partial charge is 0.224 e. The second-order valence-electron chi connectivity index (χ2n) is 4.78. The van der Waals surface area contributed by atoms with Crippen LogP contribution in [0.4, 0.5) is 5.69 Å². The fourth-order valence-electron chi connectivity index (χ4n) is 2.27. The highest BCUT2D eigenvalue weighted by atomic mass is 16.1. The minimum atomic E-state index is 0.132. The van der Waals surface area contributed by atoms with Crippen molar-refractivity contribution in [3.63, 3.8) is 0 Å². The average molecular weight is 232 g/mol. The highest BCUT2D eigenvalue weighted by Gasteiger charge is 2.16. The number of aryl methyl sites for hydroxylation is 1. The molecule has 1 unspecified atom stereocenters. The molecule has 1 aromatic rings. The topological polar surface area (TPSA) is 41.1 Å². The number of hydrogen-bond acceptors (Lipinski definition) is 2. The third-order valence-corrected chi connectivity index (χ3v) is 3.29. The molecule has 0 bridgehead atoms. The number of carbonyl (C=O) groups is 1. The molecule has 3 heteroatoms. The molecule has 1 heterocycles. The van der Waals surface area contributed by atoms with E-state index in [0.717, 1.165) is 30.8 Å². The minimum Gasteiger partial charge on any atom is -0.326 e. The van der Waals surface area contributed by atoms with Gasteiger partial charge in [-0.1, -0.05) is 18.2 Å². The maximum Gasteiger partial charge on any atom is 0.224 e. The number of amides is 1. The number of benzene rings is 1. The van der Waals surface area contributed by atoms with E-state index in [0.29, 0.717) is 12.3 Å². The Morgan fingerprint density at radius 2 is 2.29 bits per heavy atom. The van der Waals surface area contributed by atoms with E-state index in [9.17, 15) is 4.79 Å². The molecule has 0 aliphatic carbocycles. The van der Waals surface area contributed by atoms with Crippen LogP contribution < -0.4 is 10.6 Å². The lowest BCUT2D eigenvalue weighted by Gasteiger charge is -2.22. The van der Waals surface area contributed by atoms with Crippen LogP contribution in [0.15, 0.2) is 24.3 Å². The molecule has 1 aromatic carbocycles. The van der Waals surface area contributed by atoms with E-state index in [1.54, 1.807) is 0 Å². The van der Waals surface area contributed by atoms with Gasteiger partial charge in [0, 0.05) is 12.1 Å². The summed E-state index contributed by atoms with van der Waals surface area (Å²) in [6.07, 6.45) is 2.97. The molecule has 92 valence electrons. The van der Waals surface area contributed by atoms with Gasteiger partial charge in [-0.15, -0.1) is 0 Å². The number of para-hydroxylation sites is 1. The van der Waals surface area contributed by atoms with Crippen LogP contribution in [0.5, 0.6) is 0 Å². The Hall–Kier alpha value is -1.35. The number of nitrogens with one attached hydrogen (secondary N) is 2.